The number of halogens is 1. The molecule has 0 amide bonds. The van der Waals surface area contributed by atoms with Gasteiger partial charge in [0, 0.05) is 25.5 Å². The summed E-state index contributed by atoms with van der Waals surface area (Å²) in [5.74, 6) is 0.818. The molecule has 1 saturated heterocycles. The summed E-state index contributed by atoms with van der Waals surface area (Å²) in [6.45, 7) is 2.60. The van der Waals surface area contributed by atoms with E-state index in [0.717, 1.165) is 5.39 Å². The highest BCUT2D eigenvalue weighted by Crippen LogP contribution is 2.27. The van der Waals surface area contributed by atoms with Crippen LogP contribution in [0, 0.1) is 5.82 Å². The first-order valence-electron chi connectivity index (χ1n) is 8.25. The molecule has 8 heteroatoms. The molecule has 0 N–H and O–H groups in total. The van der Waals surface area contributed by atoms with E-state index in [1.54, 1.807) is 19.3 Å². The van der Waals surface area contributed by atoms with Gasteiger partial charge in [0.25, 0.3) is 5.56 Å². The first-order chi connectivity index (χ1) is 12.6. The quantitative estimate of drug-likeness (QED) is 0.716. The Balaban J connectivity index is 1.79. The monoisotopic (exact) mass is 356 g/mol. The van der Waals surface area contributed by atoms with Gasteiger partial charge in [-0.2, -0.15) is 5.10 Å². The van der Waals surface area contributed by atoms with Crippen LogP contribution in [0.25, 0.3) is 10.9 Å². The van der Waals surface area contributed by atoms with E-state index in [1.165, 1.54) is 28.8 Å². The molecular formula is C18H17FN4O3. The van der Waals surface area contributed by atoms with Crippen molar-refractivity contribution in [3.63, 3.8) is 0 Å². The van der Waals surface area contributed by atoms with E-state index >= 15 is 0 Å². The highest BCUT2D eigenvalue weighted by Gasteiger charge is 2.19. The van der Waals surface area contributed by atoms with Crippen molar-refractivity contribution in [3.05, 3.63) is 52.7 Å². The Kier molecular flexibility index (Phi) is 4.26. The van der Waals surface area contributed by atoms with Crippen molar-refractivity contribution in [2.75, 3.05) is 31.2 Å². The maximum atomic E-state index is 13.0. The minimum Gasteiger partial charge on any atom is -0.452 e. The Morgan fingerprint density at radius 3 is 2.65 bits per heavy atom. The van der Waals surface area contributed by atoms with Crippen LogP contribution in [-0.4, -0.2) is 41.1 Å². The molecule has 26 heavy (non-hydrogen) atoms. The largest absolute Gasteiger partial charge is 0.452 e. The summed E-state index contributed by atoms with van der Waals surface area (Å²) in [7, 11) is 1.67. The lowest BCUT2D eigenvalue weighted by atomic mass is 10.2. The van der Waals surface area contributed by atoms with E-state index in [2.05, 4.69) is 15.1 Å². The van der Waals surface area contributed by atoms with Gasteiger partial charge in [0.05, 0.1) is 24.9 Å². The van der Waals surface area contributed by atoms with Crippen LogP contribution in [0.2, 0.25) is 0 Å². The highest BCUT2D eigenvalue weighted by molar-refractivity contribution is 5.89. The number of anilines is 1. The number of fused-ring (bicyclic) bond motifs is 1. The van der Waals surface area contributed by atoms with E-state index in [4.69, 9.17) is 9.47 Å². The number of ether oxygens (including phenoxy) is 2. The van der Waals surface area contributed by atoms with Gasteiger partial charge in [0.1, 0.15) is 11.6 Å². The molecule has 0 spiro atoms. The summed E-state index contributed by atoms with van der Waals surface area (Å²) in [6, 6.07) is 7.15. The van der Waals surface area contributed by atoms with E-state index in [0.29, 0.717) is 43.4 Å². The molecule has 0 unspecified atom stereocenters. The summed E-state index contributed by atoms with van der Waals surface area (Å²) in [5.41, 5.74) is 0.391. The van der Waals surface area contributed by atoms with Crippen molar-refractivity contribution < 1.29 is 13.9 Å². The van der Waals surface area contributed by atoms with Crippen LogP contribution in [0.3, 0.4) is 0 Å². The number of hydrogen-bond donors (Lipinski definition) is 0. The predicted octanol–water partition coefficient (Wildman–Crippen LogP) is 2.10. The average molecular weight is 356 g/mol. The third-order valence-corrected chi connectivity index (χ3v) is 4.32. The van der Waals surface area contributed by atoms with Crippen LogP contribution in [-0.2, 0) is 11.8 Å². The van der Waals surface area contributed by atoms with E-state index in [9.17, 15) is 9.18 Å². The smallest absolute Gasteiger partial charge is 0.293 e. The van der Waals surface area contributed by atoms with Gasteiger partial charge in [-0.15, -0.1) is 5.10 Å². The maximum Gasteiger partial charge on any atom is 0.293 e. The van der Waals surface area contributed by atoms with Gasteiger partial charge in [-0.05, 0) is 30.3 Å². The van der Waals surface area contributed by atoms with Gasteiger partial charge in [-0.25, -0.2) is 4.39 Å². The molecule has 4 rings (SSSR count). The van der Waals surface area contributed by atoms with Gasteiger partial charge in [0.15, 0.2) is 11.6 Å². The zero-order valence-corrected chi connectivity index (χ0v) is 14.2. The Morgan fingerprint density at radius 1 is 1.19 bits per heavy atom. The third-order valence-electron chi connectivity index (χ3n) is 4.32. The summed E-state index contributed by atoms with van der Waals surface area (Å²) < 4.78 is 25.6. The molecule has 3 aromatic rings. The molecule has 0 bridgehead atoms. The summed E-state index contributed by atoms with van der Waals surface area (Å²) >= 11 is 0. The molecule has 0 radical (unpaired) electrons. The normalized spacial score (nSPS) is 14.6. The fourth-order valence-corrected chi connectivity index (χ4v) is 2.99. The van der Waals surface area contributed by atoms with Crippen molar-refractivity contribution in [3.8, 4) is 11.5 Å². The number of aromatic nitrogens is 3. The zero-order valence-electron chi connectivity index (χ0n) is 14.2. The van der Waals surface area contributed by atoms with Gasteiger partial charge in [-0.1, -0.05) is 0 Å². The summed E-state index contributed by atoms with van der Waals surface area (Å²) in [5, 5.41) is 9.04. The average Bonchev–Trinajstić information content (AvgIpc) is 2.68. The second-order valence-electron chi connectivity index (χ2n) is 6.00. The molecule has 1 aliphatic heterocycles. The second-order valence-corrected chi connectivity index (χ2v) is 6.00. The van der Waals surface area contributed by atoms with Crippen molar-refractivity contribution in [1.82, 2.24) is 14.8 Å². The van der Waals surface area contributed by atoms with E-state index in [-0.39, 0.29) is 17.1 Å². The van der Waals surface area contributed by atoms with Crippen LogP contribution in [0.15, 0.2) is 41.3 Å². The first kappa shape index (κ1) is 16.5. The van der Waals surface area contributed by atoms with E-state index in [1.807, 2.05) is 0 Å². The number of morpholine rings is 1. The van der Waals surface area contributed by atoms with E-state index < -0.39 is 0 Å². The lowest BCUT2D eigenvalue weighted by Gasteiger charge is -2.28. The zero-order chi connectivity index (χ0) is 18.1. The maximum absolute atomic E-state index is 13.0. The number of hydrogen-bond acceptors (Lipinski definition) is 6. The molecule has 0 atom stereocenters. The molecule has 3 heterocycles. The highest BCUT2D eigenvalue weighted by atomic mass is 19.1. The van der Waals surface area contributed by atoms with Crippen LogP contribution in [0.1, 0.15) is 0 Å². The summed E-state index contributed by atoms with van der Waals surface area (Å²) in [4.78, 5) is 14.8. The Morgan fingerprint density at radius 2 is 1.92 bits per heavy atom. The van der Waals surface area contributed by atoms with Crippen LogP contribution < -0.4 is 15.2 Å². The molecular weight excluding hydrogens is 339 g/mol. The molecule has 0 aliphatic carbocycles. The van der Waals surface area contributed by atoms with Crippen molar-refractivity contribution in [2.24, 2.45) is 7.05 Å². The van der Waals surface area contributed by atoms with Gasteiger partial charge in [0.2, 0.25) is 0 Å². The fourth-order valence-electron chi connectivity index (χ4n) is 2.99. The molecule has 1 fully saturated rings. The van der Waals surface area contributed by atoms with Crippen LogP contribution in [0.4, 0.5) is 10.2 Å². The number of aryl methyl sites for hydroxylation is 1. The van der Waals surface area contributed by atoms with Crippen molar-refractivity contribution in [1.29, 1.82) is 0 Å². The number of nitrogens with zero attached hydrogens (tertiary/aromatic N) is 4. The number of pyridine rings is 1. The molecule has 1 aromatic carbocycles. The predicted molar refractivity (Wildman–Crippen MR) is 94.3 cm³/mol. The van der Waals surface area contributed by atoms with Crippen LogP contribution in [0.5, 0.6) is 11.5 Å². The fraction of sp³-hybridized carbons (Fsp3) is 0.278. The van der Waals surface area contributed by atoms with Crippen LogP contribution >= 0.6 is 0 Å². The third kappa shape index (κ3) is 2.99. The Labute approximate surface area is 148 Å². The molecule has 2 aromatic heterocycles. The molecule has 0 saturated carbocycles. The molecule has 134 valence electrons. The lowest BCUT2D eigenvalue weighted by molar-refractivity contribution is 0.122. The number of rotatable bonds is 3. The minimum absolute atomic E-state index is 0.146. The number of benzene rings is 1. The van der Waals surface area contributed by atoms with Crippen molar-refractivity contribution >= 4 is 16.7 Å². The summed E-state index contributed by atoms with van der Waals surface area (Å²) in [6.07, 6.45) is 1.59. The molecule has 1 aliphatic rings. The van der Waals surface area contributed by atoms with Crippen molar-refractivity contribution in [2.45, 2.75) is 0 Å². The second kappa shape index (κ2) is 6.72. The minimum atomic E-state index is -0.366. The van der Waals surface area contributed by atoms with Gasteiger partial charge in [-0.3, -0.25) is 4.79 Å². The van der Waals surface area contributed by atoms with Gasteiger partial charge >= 0.3 is 0 Å². The topological polar surface area (TPSA) is 69.5 Å². The SMILES string of the molecule is Cn1c(=O)c(Oc2ccc(F)cc2)cc2cnnc(N3CCOCC3)c21. The standard InChI is InChI=1S/C18H17FN4O3/c1-22-16-12(11-20-21-17(16)23-6-8-25-9-7-23)10-15(18(22)24)26-14-4-2-13(19)3-5-14/h2-5,10-11H,6-9H2,1H3. The Hall–Kier alpha value is -3.00. The lowest BCUT2D eigenvalue weighted by Crippen LogP contribution is -2.37. The Bertz CT molecular complexity index is 998. The first-order valence-corrected chi connectivity index (χ1v) is 8.25. The molecule has 7 nitrogen and oxygen atoms in total. The van der Waals surface area contributed by atoms with Gasteiger partial charge < -0.3 is 18.9 Å².